The van der Waals surface area contributed by atoms with Crippen molar-refractivity contribution in [2.45, 2.75) is 33.2 Å². The van der Waals surface area contributed by atoms with Crippen LogP contribution in [-0.2, 0) is 9.59 Å². The van der Waals surface area contributed by atoms with Crippen molar-refractivity contribution in [1.29, 1.82) is 0 Å². The molecular weight excluding hydrogens is 184 g/mol. The molecule has 5 heteroatoms. The maximum atomic E-state index is 11.5. The van der Waals surface area contributed by atoms with Crippen LogP contribution in [0.4, 0.5) is 0 Å². The Morgan fingerprint density at radius 3 is 2.29 bits per heavy atom. The van der Waals surface area contributed by atoms with Gasteiger partial charge in [-0.2, -0.15) is 0 Å². The van der Waals surface area contributed by atoms with Gasteiger partial charge in [-0.05, 0) is 20.3 Å². The van der Waals surface area contributed by atoms with Crippen molar-refractivity contribution in [3.05, 3.63) is 0 Å². The molecule has 0 fully saturated rings. The summed E-state index contributed by atoms with van der Waals surface area (Å²) in [6, 6.07) is -0.826. The summed E-state index contributed by atoms with van der Waals surface area (Å²) >= 11 is 0. The number of amides is 1. The first-order valence-corrected chi connectivity index (χ1v) is 4.59. The predicted octanol–water partition coefficient (Wildman–Crippen LogP) is -0.0493. The number of nitrogens with two attached hydrogens (primary N) is 1. The Bertz CT molecular complexity index is 226. The van der Waals surface area contributed by atoms with Gasteiger partial charge in [0.15, 0.2) is 0 Å². The van der Waals surface area contributed by atoms with Gasteiger partial charge in [-0.15, -0.1) is 0 Å². The molecule has 82 valence electrons. The van der Waals surface area contributed by atoms with Crippen LogP contribution in [0, 0.1) is 5.41 Å². The highest BCUT2D eigenvalue weighted by Crippen LogP contribution is 2.12. The number of hydrogen-bond donors (Lipinski definition) is 3. The topological polar surface area (TPSA) is 92.4 Å². The Morgan fingerprint density at radius 1 is 1.50 bits per heavy atom. The Hall–Kier alpha value is -1.10. The molecule has 0 aliphatic carbocycles. The van der Waals surface area contributed by atoms with E-state index in [0.717, 1.165) is 0 Å². The van der Waals surface area contributed by atoms with E-state index < -0.39 is 17.4 Å². The number of rotatable bonds is 5. The summed E-state index contributed by atoms with van der Waals surface area (Å²) in [5, 5.41) is 11.2. The SMILES string of the molecule is CC[C@@H](NC(=O)C(C)(C)CN)C(=O)O. The highest BCUT2D eigenvalue weighted by Gasteiger charge is 2.29. The van der Waals surface area contributed by atoms with Crippen LogP contribution < -0.4 is 11.1 Å². The first-order chi connectivity index (χ1) is 6.35. The maximum Gasteiger partial charge on any atom is 0.326 e. The average molecular weight is 202 g/mol. The normalized spacial score (nSPS) is 13.4. The molecule has 0 aromatic heterocycles. The van der Waals surface area contributed by atoms with E-state index in [9.17, 15) is 9.59 Å². The van der Waals surface area contributed by atoms with Gasteiger partial charge in [0.1, 0.15) is 6.04 Å². The number of carbonyl (C=O) groups is 2. The van der Waals surface area contributed by atoms with Crippen LogP contribution in [0.5, 0.6) is 0 Å². The van der Waals surface area contributed by atoms with Gasteiger partial charge < -0.3 is 16.2 Å². The van der Waals surface area contributed by atoms with Gasteiger partial charge in [-0.1, -0.05) is 6.92 Å². The Labute approximate surface area is 83.7 Å². The zero-order valence-corrected chi connectivity index (χ0v) is 8.83. The van der Waals surface area contributed by atoms with Gasteiger partial charge in [-0.25, -0.2) is 4.79 Å². The smallest absolute Gasteiger partial charge is 0.326 e. The minimum absolute atomic E-state index is 0.189. The molecule has 0 aromatic rings. The predicted molar refractivity (Wildman–Crippen MR) is 52.7 cm³/mol. The Kier molecular flexibility index (Phi) is 4.56. The number of carboxylic acids is 1. The lowest BCUT2D eigenvalue weighted by Gasteiger charge is -2.23. The second-order valence-electron chi connectivity index (χ2n) is 3.86. The van der Waals surface area contributed by atoms with E-state index in [1.165, 1.54) is 0 Å². The molecule has 0 saturated heterocycles. The quantitative estimate of drug-likeness (QED) is 0.582. The number of carbonyl (C=O) groups excluding carboxylic acids is 1. The minimum Gasteiger partial charge on any atom is -0.480 e. The van der Waals surface area contributed by atoms with Gasteiger partial charge in [0.05, 0.1) is 5.41 Å². The Morgan fingerprint density at radius 2 is 2.00 bits per heavy atom. The van der Waals surface area contributed by atoms with E-state index in [1.54, 1.807) is 20.8 Å². The lowest BCUT2D eigenvalue weighted by Crippen LogP contribution is -2.48. The molecule has 0 unspecified atom stereocenters. The number of carboxylic acid groups (broad SMARTS) is 1. The summed E-state index contributed by atoms with van der Waals surface area (Å²) in [6.45, 7) is 5.25. The van der Waals surface area contributed by atoms with E-state index >= 15 is 0 Å². The van der Waals surface area contributed by atoms with E-state index in [1.807, 2.05) is 0 Å². The molecule has 0 radical (unpaired) electrons. The van der Waals surface area contributed by atoms with Crippen LogP contribution in [0.2, 0.25) is 0 Å². The van der Waals surface area contributed by atoms with E-state index in [4.69, 9.17) is 10.8 Å². The van der Waals surface area contributed by atoms with E-state index in [-0.39, 0.29) is 12.5 Å². The van der Waals surface area contributed by atoms with Gasteiger partial charge >= 0.3 is 5.97 Å². The molecule has 4 N–H and O–H groups in total. The van der Waals surface area contributed by atoms with Crippen molar-refractivity contribution >= 4 is 11.9 Å². The van der Waals surface area contributed by atoms with Gasteiger partial charge in [-0.3, -0.25) is 4.79 Å². The summed E-state index contributed by atoms with van der Waals surface area (Å²) in [6.07, 6.45) is 0.363. The summed E-state index contributed by atoms with van der Waals surface area (Å²) in [5.41, 5.74) is 4.67. The molecule has 0 aliphatic rings. The molecule has 0 aromatic carbocycles. The van der Waals surface area contributed by atoms with Crippen LogP contribution in [0.25, 0.3) is 0 Å². The molecule has 0 saturated carbocycles. The number of nitrogens with one attached hydrogen (secondary N) is 1. The molecular formula is C9H18N2O3. The third kappa shape index (κ3) is 3.33. The average Bonchev–Trinajstić information content (AvgIpc) is 2.12. The molecule has 1 amide bonds. The fraction of sp³-hybridized carbons (Fsp3) is 0.778. The summed E-state index contributed by atoms with van der Waals surface area (Å²) in [4.78, 5) is 22.2. The Balaban J connectivity index is 4.37. The molecule has 0 bridgehead atoms. The van der Waals surface area contributed by atoms with Crippen LogP contribution >= 0.6 is 0 Å². The monoisotopic (exact) mass is 202 g/mol. The maximum absolute atomic E-state index is 11.5. The van der Waals surface area contributed by atoms with Crippen molar-refractivity contribution in [3.63, 3.8) is 0 Å². The van der Waals surface area contributed by atoms with Gasteiger partial charge in [0.2, 0.25) is 5.91 Å². The summed E-state index contributed by atoms with van der Waals surface area (Å²) in [5.74, 6) is -1.34. The summed E-state index contributed by atoms with van der Waals surface area (Å²) in [7, 11) is 0. The second-order valence-corrected chi connectivity index (χ2v) is 3.86. The van der Waals surface area contributed by atoms with E-state index in [2.05, 4.69) is 5.32 Å². The third-order valence-corrected chi connectivity index (χ3v) is 2.14. The second kappa shape index (κ2) is 4.95. The number of aliphatic carboxylic acids is 1. The lowest BCUT2D eigenvalue weighted by atomic mass is 9.92. The van der Waals surface area contributed by atoms with Crippen LogP contribution in [0.15, 0.2) is 0 Å². The standard InChI is InChI=1S/C9H18N2O3/c1-4-6(7(12)13)11-8(14)9(2,3)5-10/h6H,4-5,10H2,1-3H3,(H,11,14)(H,12,13)/t6-/m1/s1. The van der Waals surface area contributed by atoms with Gasteiger partial charge in [0.25, 0.3) is 0 Å². The molecule has 1 atom stereocenters. The van der Waals surface area contributed by atoms with Crippen LogP contribution in [-0.4, -0.2) is 29.6 Å². The molecule has 5 nitrogen and oxygen atoms in total. The minimum atomic E-state index is -1.02. The van der Waals surface area contributed by atoms with Crippen molar-refractivity contribution < 1.29 is 14.7 Å². The van der Waals surface area contributed by atoms with Crippen molar-refractivity contribution in [2.75, 3.05) is 6.54 Å². The zero-order valence-electron chi connectivity index (χ0n) is 8.83. The molecule has 0 rings (SSSR count). The fourth-order valence-electron chi connectivity index (χ4n) is 0.785. The molecule has 0 aliphatic heterocycles. The van der Waals surface area contributed by atoms with Gasteiger partial charge in [0, 0.05) is 6.54 Å². The summed E-state index contributed by atoms with van der Waals surface area (Å²) < 4.78 is 0. The van der Waals surface area contributed by atoms with Crippen LogP contribution in [0.1, 0.15) is 27.2 Å². The third-order valence-electron chi connectivity index (χ3n) is 2.14. The highest BCUT2D eigenvalue weighted by atomic mass is 16.4. The fourth-order valence-corrected chi connectivity index (χ4v) is 0.785. The van der Waals surface area contributed by atoms with E-state index in [0.29, 0.717) is 6.42 Å². The molecule has 14 heavy (non-hydrogen) atoms. The zero-order chi connectivity index (χ0) is 11.4. The lowest BCUT2D eigenvalue weighted by molar-refractivity contribution is -0.143. The highest BCUT2D eigenvalue weighted by molar-refractivity contribution is 5.87. The number of hydrogen-bond acceptors (Lipinski definition) is 3. The first kappa shape index (κ1) is 12.9. The largest absolute Gasteiger partial charge is 0.480 e. The molecule has 0 spiro atoms. The first-order valence-electron chi connectivity index (χ1n) is 4.59. The van der Waals surface area contributed by atoms with Crippen molar-refractivity contribution in [1.82, 2.24) is 5.32 Å². The van der Waals surface area contributed by atoms with Crippen molar-refractivity contribution in [3.8, 4) is 0 Å². The van der Waals surface area contributed by atoms with Crippen LogP contribution in [0.3, 0.4) is 0 Å². The molecule has 0 heterocycles. The van der Waals surface area contributed by atoms with Crippen molar-refractivity contribution in [2.24, 2.45) is 11.1 Å².